The van der Waals surface area contributed by atoms with Crippen molar-refractivity contribution in [3.05, 3.63) is 108 Å². The van der Waals surface area contributed by atoms with E-state index in [4.69, 9.17) is 9.15 Å². The van der Waals surface area contributed by atoms with Crippen LogP contribution < -0.4 is 10.1 Å². The van der Waals surface area contributed by atoms with Gasteiger partial charge in [0.2, 0.25) is 0 Å². The number of imidazole rings is 1. The second-order valence-electron chi connectivity index (χ2n) is 6.72. The lowest BCUT2D eigenvalue weighted by Gasteiger charge is -2.18. The maximum absolute atomic E-state index is 13.4. The van der Waals surface area contributed by atoms with Crippen molar-refractivity contribution in [2.75, 3.05) is 0 Å². The van der Waals surface area contributed by atoms with Crippen LogP contribution in [0.2, 0.25) is 0 Å². The van der Waals surface area contributed by atoms with Gasteiger partial charge in [0.05, 0.1) is 0 Å². The van der Waals surface area contributed by atoms with E-state index in [9.17, 15) is 9.18 Å². The summed E-state index contributed by atoms with van der Waals surface area (Å²) in [4.78, 5) is 17.2. The normalized spacial score (nSPS) is 11.8. The fraction of sp³-hybridized carbons (Fsp3) is 0.130. The number of aryl methyl sites for hydroxylation is 1. The maximum atomic E-state index is 13.4. The predicted molar refractivity (Wildman–Crippen MR) is 108 cm³/mol. The zero-order chi connectivity index (χ0) is 20.9. The van der Waals surface area contributed by atoms with Crippen molar-refractivity contribution in [1.29, 1.82) is 0 Å². The molecule has 152 valence electrons. The molecule has 0 saturated carbocycles. The number of carbonyl (C=O) groups excluding carboxylic acids is 1. The molecular weight excluding hydrogens is 385 g/mol. The first-order valence-corrected chi connectivity index (χ1v) is 9.40. The van der Waals surface area contributed by atoms with Crippen molar-refractivity contribution in [3.63, 3.8) is 0 Å². The molecule has 4 aromatic rings. The molecule has 0 aliphatic carbocycles. The molecule has 1 N–H and O–H groups in total. The summed E-state index contributed by atoms with van der Waals surface area (Å²) in [5, 5.41) is 2.92. The maximum Gasteiger partial charge on any atom is 0.287 e. The number of rotatable bonds is 7. The predicted octanol–water partition coefficient (Wildman–Crippen LogP) is 4.25. The Kier molecular flexibility index (Phi) is 5.61. The van der Waals surface area contributed by atoms with Gasteiger partial charge in [-0.05, 0) is 42.0 Å². The highest BCUT2D eigenvalue weighted by Crippen LogP contribution is 2.22. The van der Waals surface area contributed by atoms with Crippen molar-refractivity contribution < 1.29 is 18.3 Å². The Morgan fingerprint density at radius 3 is 2.60 bits per heavy atom. The Balaban J connectivity index is 1.49. The van der Waals surface area contributed by atoms with E-state index in [0.29, 0.717) is 22.9 Å². The monoisotopic (exact) mass is 405 g/mol. The van der Waals surface area contributed by atoms with Gasteiger partial charge in [0, 0.05) is 19.4 Å². The van der Waals surface area contributed by atoms with Gasteiger partial charge in [0.1, 0.15) is 35.8 Å². The zero-order valence-electron chi connectivity index (χ0n) is 16.3. The number of nitrogens with zero attached hydrogens (tertiary/aromatic N) is 2. The third-order valence-corrected chi connectivity index (χ3v) is 4.61. The van der Waals surface area contributed by atoms with Crippen LogP contribution in [0.3, 0.4) is 0 Å². The number of benzene rings is 2. The van der Waals surface area contributed by atoms with Gasteiger partial charge < -0.3 is 19.0 Å². The largest absolute Gasteiger partial charge is 0.486 e. The van der Waals surface area contributed by atoms with Gasteiger partial charge in [-0.1, -0.05) is 30.3 Å². The molecule has 1 amide bonds. The lowest BCUT2D eigenvalue weighted by Crippen LogP contribution is -2.30. The molecule has 0 aliphatic heterocycles. The Labute approximate surface area is 172 Å². The molecule has 0 aliphatic rings. The van der Waals surface area contributed by atoms with Gasteiger partial charge in [-0.3, -0.25) is 4.79 Å². The number of amides is 1. The van der Waals surface area contributed by atoms with Gasteiger partial charge in [-0.15, -0.1) is 0 Å². The Morgan fingerprint density at radius 2 is 1.90 bits per heavy atom. The van der Waals surface area contributed by atoms with Crippen molar-refractivity contribution in [2.45, 2.75) is 12.6 Å². The van der Waals surface area contributed by atoms with Crippen LogP contribution in [0.25, 0.3) is 0 Å². The van der Waals surface area contributed by atoms with Crippen LogP contribution in [0, 0.1) is 5.82 Å². The van der Waals surface area contributed by atoms with Crippen LogP contribution in [-0.4, -0.2) is 15.5 Å². The molecule has 0 fully saturated rings. The summed E-state index contributed by atoms with van der Waals surface area (Å²) in [6.45, 7) is 0.206. The van der Waals surface area contributed by atoms with E-state index in [1.54, 1.807) is 41.2 Å². The third-order valence-electron chi connectivity index (χ3n) is 4.61. The third kappa shape index (κ3) is 4.41. The van der Waals surface area contributed by atoms with Crippen LogP contribution in [-0.2, 0) is 13.7 Å². The number of nitrogens with one attached hydrogen (secondary N) is 1. The van der Waals surface area contributed by atoms with E-state index in [1.165, 1.54) is 12.1 Å². The first-order valence-electron chi connectivity index (χ1n) is 9.40. The quantitative estimate of drug-likeness (QED) is 0.499. The van der Waals surface area contributed by atoms with E-state index >= 15 is 0 Å². The second kappa shape index (κ2) is 8.65. The minimum absolute atomic E-state index is 0.156. The minimum atomic E-state index is -0.563. The van der Waals surface area contributed by atoms with Gasteiger partial charge in [-0.25, -0.2) is 9.37 Å². The molecule has 1 atom stereocenters. The Hall–Kier alpha value is -3.87. The summed E-state index contributed by atoms with van der Waals surface area (Å²) in [5.41, 5.74) is 0.707. The van der Waals surface area contributed by atoms with Crippen LogP contribution in [0.5, 0.6) is 5.75 Å². The first-order chi connectivity index (χ1) is 14.6. The molecule has 0 bridgehead atoms. The standard InChI is InChI=1S/C23H20FN3O3/c1-27-14-13-25-22(27)21(16-7-9-17(24)10-8-16)26-23(28)20-12-11-19(30-20)15-29-18-5-3-2-4-6-18/h2-14,21H,15H2,1H3,(H,26,28). The summed E-state index contributed by atoms with van der Waals surface area (Å²) in [5.74, 6) is 1.26. The molecule has 1 unspecified atom stereocenters. The van der Waals surface area contributed by atoms with Gasteiger partial charge >= 0.3 is 0 Å². The molecular formula is C23H20FN3O3. The average Bonchev–Trinajstić information content (AvgIpc) is 3.41. The number of para-hydroxylation sites is 1. The fourth-order valence-electron chi connectivity index (χ4n) is 3.06. The lowest BCUT2D eigenvalue weighted by atomic mass is 10.1. The summed E-state index contributed by atoms with van der Waals surface area (Å²) >= 11 is 0. The van der Waals surface area contributed by atoms with Gasteiger partial charge in [-0.2, -0.15) is 0 Å². The van der Waals surface area contributed by atoms with E-state index in [-0.39, 0.29) is 18.2 Å². The molecule has 7 heteroatoms. The molecule has 2 aromatic heterocycles. The van der Waals surface area contributed by atoms with Crippen LogP contribution in [0.1, 0.15) is 33.7 Å². The molecule has 0 spiro atoms. The van der Waals surface area contributed by atoms with E-state index < -0.39 is 11.9 Å². The van der Waals surface area contributed by atoms with Gasteiger partial charge in [0.25, 0.3) is 5.91 Å². The van der Waals surface area contributed by atoms with Crippen LogP contribution in [0.15, 0.2) is 83.5 Å². The summed E-state index contributed by atoms with van der Waals surface area (Å²) < 4.78 is 26.5. The van der Waals surface area contributed by atoms with Crippen molar-refractivity contribution in [1.82, 2.24) is 14.9 Å². The highest BCUT2D eigenvalue weighted by atomic mass is 19.1. The topological polar surface area (TPSA) is 69.3 Å². The summed E-state index contributed by atoms with van der Waals surface area (Å²) in [6.07, 6.45) is 3.42. The molecule has 0 saturated heterocycles. The number of ether oxygens (including phenoxy) is 1. The Morgan fingerprint density at radius 1 is 1.13 bits per heavy atom. The van der Waals surface area contributed by atoms with Crippen molar-refractivity contribution >= 4 is 5.91 Å². The molecule has 2 aromatic carbocycles. The number of halogens is 1. The number of aromatic nitrogens is 2. The Bertz CT molecular complexity index is 1120. The first kappa shape index (κ1) is 19.4. The molecule has 30 heavy (non-hydrogen) atoms. The summed E-state index contributed by atoms with van der Waals surface area (Å²) in [6, 6.07) is 18.0. The molecule has 4 rings (SSSR count). The number of carbonyl (C=O) groups is 1. The van der Waals surface area contributed by atoms with Gasteiger partial charge in [0.15, 0.2) is 5.76 Å². The number of furan rings is 1. The smallest absolute Gasteiger partial charge is 0.287 e. The SMILES string of the molecule is Cn1ccnc1C(NC(=O)c1ccc(COc2ccccc2)o1)c1ccc(F)cc1. The fourth-order valence-corrected chi connectivity index (χ4v) is 3.06. The number of hydrogen-bond acceptors (Lipinski definition) is 4. The number of hydrogen-bond donors (Lipinski definition) is 1. The zero-order valence-corrected chi connectivity index (χ0v) is 16.3. The van der Waals surface area contributed by atoms with Crippen molar-refractivity contribution in [3.8, 4) is 5.75 Å². The highest BCUT2D eigenvalue weighted by molar-refractivity contribution is 5.92. The van der Waals surface area contributed by atoms with Crippen molar-refractivity contribution in [2.24, 2.45) is 7.05 Å². The summed E-state index contributed by atoms with van der Waals surface area (Å²) in [7, 11) is 1.83. The molecule has 2 heterocycles. The van der Waals surface area contributed by atoms with E-state index in [2.05, 4.69) is 10.3 Å². The average molecular weight is 405 g/mol. The van der Waals surface area contributed by atoms with E-state index in [1.807, 2.05) is 37.4 Å². The van der Waals surface area contributed by atoms with Crippen LogP contribution >= 0.6 is 0 Å². The van der Waals surface area contributed by atoms with Crippen LogP contribution in [0.4, 0.5) is 4.39 Å². The molecule has 6 nitrogen and oxygen atoms in total. The molecule has 0 radical (unpaired) electrons. The lowest BCUT2D eigenvalue weighted by molar-refractivity contribution is 0.0909. The highest BCUT2D eigenvalue weighted by Gasteiger charge is 2.23. The minimum Gasteiger partial charge on any atom is -0.486 e. The van der Waals surface area contributed by atoms with E-state index in [0.717, 1.165) is 0 Å². The second-order valence-corrected chi connectivity index (χ2v) is 6.72.